The van der Waals surface area contributed by atoms with Crippen molar-refractivity contribution < 1.29 is 23.9 Å². The van der Waals surface area contributed by atoms with E-state index in [0.29, 0.717) is 17.8 Å². The van der Waals surface area contributed by atoms with E-state index in [4.69, 9.17) is 9.47 Å². The molecule has 1 atom stereocenters. The van der Waals surface area contributed by atoms with E-state index in [-0.39, 0.29) is 12.1 Å². The van der Waals surface area contributed by atoms with Gasteiger partial charge in [0.15, 0.2) is 6.29 Å². The summed E-state index contributed by atoms with van der Waals surface area (Å²) < 4.78 is 10.1. The van der Waals surface area contributed by atoms with Gasteiger partial charge in [-0.25, -0.2) is 4.79 Å². The molecule has 30 heavy (non-hydrogen) atoms. The Labute approximate surface area is 179 Å². The summed E-state index contributed by atoms with van der Waals surface area (Å²) in [6.45, 7) is 12.5. The van der Waals surface area contributed by atoms with Gasteiger partial charge in [0.25, 0.3) is 0 Å². The van der Waals surface area contributed by atoms with Crippen LogP contribution in [0.25, 0.3) is 10.8 Å². The lowest BCUT2D eigenvalue weighted by atomic mass is 10.1. The predicted octanol–water partition coefficient (Wildman–Crippen LogP) is 5.33. The van der Waals surface area contributed by atoms with Crippen molar-refractivity contribution in [1.29, 1.82) is 0 Å². The van der Waals surface area contributed by atoms with Crippen molar-refractivity contribution >= 4 is 29.3 Å². The van der Waals surface area contributed by atoms with Crippen molar-refractivity contribution in [3.63, 3.8) is 0 Å². The third kappa shape index (κ3) is 11.1. The molecule has 0 aliphatic heterocycles. The minimum absolute atomic E-state index is 0.00769. The Morgan fingerprint density at radius 1 is 1.07 bits per heavy atom. The van der Waals surface area contributed by atoms with Crippen molar-refractivity contribution in [2.75, 3.05) is 13.7 Å². The number of hydrogen-bond acceptors (Lipinski definition) is 5. The van der Waals surface area contributed by atoms with Gasteiger partial charge < -0.3 is 9.47 Å². The van der Waals surface area contributed by atoms with E-state index >= 15 is 0 Å². The summed E-state index contributed by atoms with van der Waals surface area (Å²) in [5.74, 6) is -0.349. The van der Waals surface area contributed by atoms with Gasteiger partial charge in [-0.1, -0.05) is 69.0 Å². The number of carbonyl (C=O) groups excluding carboxylic acids is 3. The van der Waals surface area contributed by atoms with E-state index in [9.17, 15) is 14.4 Å². The summed E-state index contributed by atoms with van der Waals surface area (Å²) in [5.41, 5.74) is 1.75. The number of methoxy groups -OCH3 is 1. The number of rotatable bonds is 8. The Balaban J connectivity index is 0.000000461. The molecule has 1 unspecified atom stereocenters. The minimum Gasteiger partial charge on any atom is -0.460 e. The van der Waals surface area contributed by atoms with Gasteiger partial charge in [-0.15, -0.1) is 0 Å². The smallest absolute Gasteiger partial charge is 0.333 e. The number of hydrogen-bond donors (Lipinski definition) is 0. The fourth-order valence-corrected chi connectivity index (χ4v) is 2.24. The molecule has 0 aliphatic rings. The zero-order valence-electron chi connectivity index (χ0n) is 18.4. The molecule has 0 aromatic heterocycles. The molecule has 0 saturated heterocycles. The highest BCUT2D eigenvalue weighted by atomic mass is 16.6. The number of ether oxygens (including phenoxy) is 2. The Hall–Kier alpha value is -3.05. The molecule has 2 aromatic rings. The number of carbonyl (C=O) groups is 3. The second kappa shape index (κ2) is 15.8. The molecule has 2 rings (SSSR count). The Bertz CT molecular complexity index is 833. The Morgan fingerprint density at radius 2 is 1.67 bits per heavy atom. The third-order valence-corrected chi connectivity index (χ3v) is 3.84. The topological polar surface area (TPSA) is 69.7 Å². The highest BCUT2D eigenvalue weighted by Crippen LogP contribution is 2.16. The summed E-state index contributed by atoms with van der Waals surface area (Å²) in [4.78, 5) is 31.0. The van der Waals surface area contributed by atoms with E-state index in [0.717, 1.165) is 41.7 Å². The number of allylic oxidation sites excluding steroid dienone is 1. The van der Waals surface area contributed by atoms with Crippen LogP contribution in [0, 0.1) is 0 Å². The van der Waals surface area contributed by atoms with Crippen LogP contribution in [0.4, 0.5) is 0 Å². The molecule has 5 heteroatoms. The Morgan fingerprint density at radius 3 is 2.17 bits per heavy atom. The van der Waals surface area contributed by atoms with Gasteiger partial charge in [0.1, 0.15) is 12.9 Å². The van der Waals surface area contributed by atoms with Crippen molar-refractivity contribution in [2.24, 2.45) is 0 Å². The first-order valence-corrected chi connectivity index (χ1v) is 9.69. The quantitative estimate of drug-likeness (QED) is 0.333. The van der Waals surface area contributed by atoms with Crippen LogP contribution in [-0.4, -0.2) is 38.4 Å². The van der Waals surface area contributed by atoms with Gasteiger partial charge in [-0.05, 0) is 36.6 Å². The molecule has 0 saturated carbocycles. The average molecular weight is 413 g/mol. The highest BCUT2D eigenvalue weighted by Gasteiger charge is 2.10. The van der Waals surface area contributed by atoms with Crippen LogP contribution >= 0.6 is 0 Å². The lowest BCUT2D eigenvalue weighted by Crippen LogP contribution is -2.20. The van der Waals surface area contributed by atoms with Crippen LogP contribution in [0.2, 0.25) is 0 Å². The van der Waals surface area contributed by atoms with E-state index in [1.807, 2.05) is 42.5 Å². The van der Waals surface area contributed by atoms with Crippen LogP contribution in [-0.2, 0) is 19.1 Å². The number of benzene rings is 2. The van der Waals surface area contributed by atoms with E-state index in [2.05, 4.69) is 20.1 Å². The molecule has 0 radical (unpaired) electrons. The van der Waals surface area contributed by atoms with E-state index < -0.39 is 0 Å². The van der Waals surface area contributed by atoms with Gasteiger partial charge in [0.05, 0.1) is 6.10 Å². The largest absolute Gasteiger partial charge is 0.460 e. The summed E-state index contributed by atoms with van der Waals surface area (Å²) in [6.07, 6.45) is 3.54. The molecule has 2 aromatic carbocycles. The second-order valence-corrected chi connectivity index (χ2v) is 6.68. The molecule has 0 amide bonds. The van der Waals surface area contributed by atoms with Crippen LogP contribution < -0.4 is 0 Å². The number of esters is 1. The van der Waals surface area contributed by atoms with Gasteiger partial charge in [-0.2, -0.15) is 0 Å². The first-order chi connectivity index (χ1) is 14.3. The fraction of sp³-hybridized carbons (Fsp3) is 0.320. The maximum Gasteiger partial charge on any atom is 0.333 e. The van der Waals surface area contributed by atoms with Gasteiger partial charge in [0.2, 0.25) is 0 Å². The predicted molar refractivity (Wildman–Crippen MR) is 122 cm³/mol. The molecule has 0 heterocycles. The summed E-state index contributed by atoms with van der Waals surface area (Å²) >= 11 is 0. The number of fused-ring (bicyclic) bond motifs is 1. The van der Waals surface area contributed by atoms with Gasteiger partial charge >= 0.3 is 5.97 Å². The zero-order valence-corrected chi connectivity index (χ0v) is 18.4. The number of aldehydes is 2. The van der Waals surface area contributed by atoms with E-state index in [1.54, 1.807) is 21.0 Å². The fourth-order valence-electron chi connectivity index (χ4n) is 2.24. The minimum atomic E-state index is -0.349. The Kier molecular flexibility index (Phi) is 14.2. The van der Waals surface area contributed by atoms with Gasteiger partial charge in [0, 0.05) is 18.2 Å². The summed E-state index contributed by atoms with van der Waals surface area (Å²) in [5, 5.41) is 2.14. The van der Waals surface area contributed by atoms with Crippen LogP contribution in [0.3, 0.4) is 0 Å². The van der Waals surface area contributed by atoms with E-state index in [1.165, 1.54) is 0 Å². The molecule has 162 valence electrons. The molecule has 0 bridgehead atoms. The lowest BCUT2D eigenvalue weighted by molar-refractivity contribution is -0.142. The van der Waals surface area contributed by atoms with Crippen molar-refractivity contribution in [2.45, 2.75) is 39.7 Å². The molecular formula is C25H32O5. The molecular weight excluding hydrogens is 380 g/mol. The van der Waals surface area contributed by atoms with Crippen LogP contribution in [0.5, 0.6) is 0 Å². The van der Waals surface area contributed by atoms with Crippen molar-refractivity contribution in [3.05, 3.63) is 72.3 Å². The van der Waals surface area contributed by atoms with Gasteiger partial charge in [-0.3, -0.25) is 9.59 Å². The first kappa shape index (κ1) is 27.0. The maximum absolute atomic E-state index is 11.0. The molecule has 0 aliphatic carbocycles. The zero-order chi connectivity index (χ0) is 22.9. The average Bonchev–Trinajstić information content (AvgIpc) is 2.76. The molecule has 0 N–H and O–H groups in total. The SMILES string of the molecule is C=C(C)C(=O)OCC(CCC)OC.C=C(C)C=O.O=Cc1cccc2ccccc12. The first-order valence-electron chi connectivity index (χ1n) is 9.69. The monoisotopic (exact) mass is 412 g/mol. The third-order valence-electron chi connectivity index (χ3n) is 3.84. The standard InChI is InChI=1S/C11H8O.C10H18O3.C4H6O/c12-8-10-6-3-5-9-4-1-2-7-11(9)10;1-5-6-9(12-4)7-13-10(11)8(2)3;1-4(2)3-5/h1-8H;9H,2,5-7H2,1,3-4H3;3H,1H2,2H3. The molecule has 0 fully saturated rings. The second-order valence-electron chi connectivity index (χ2n) is 6.68. The van der Waals surface area contributed by atoms with Crippen molar-refractivity contribution in [1.82, 2.24) is 0 Å². The summed E-state index contributed by atoms with van der Waals surface area (Å²) in [6, 6.07) is 13.6. The maximum atomic E-state index is 11.0. The lowest BCUT2D eigenvalue weighted by Gasteiger charge is -2.14. The molecule has 0 spiro atoms. The van der Waals surface area contributed by atoms with Crippen molar-refractivity contribution in [3.8, 4) is 0 Å². The molecule has 5 nitrogen and oxygen atoms in total. The highest BCUT2D eigenvalue weighted by molar-refractivity contribution is 5.97. The van der Waals surface area contributed by atoms with Crippen LogP contribution in [0.15, 0.2) is 66.8 Å². The normalized spacial score (nSPS) is 10.4. The van der Waals surface area contributed by atoms with Crippen LogP contribution in [0.1, 0.15) is 44.0 Å². The summed E-state index contributed by atoms with van der Waals surface area (Å²) in [7, 11) is 1.62.